The summed E-state index contributed by atoms with van der Waals surface area (Å²) in [4.78, 5) is 58.1. The van der Waals surface area contributed by atoms with Crippen molar-refractivity contribution in [3.8, 4) is 5.75 Å². The van der Waals surface area contributed by atoms with Crippen LogP contribution in [0.25, 0.3) is 0 Å². The summed E-state index contributed by atoms with van der Waals surface area (Å²) in [5.41, 5.74) is 3.43. The second-order valence-corrected chi connectivity index (χ2v) is 11.6. The van der Waals surface area contributed by atoms with Crippen molar-refractivity contribution >= 4 is 23.6 Å². The van der Waals surface area contributed by atoms with Crippen LogP contribution < -0.4 is 0 Å². The molecule has 2 saturated heterocycles. The van der Waals surface area contributed by atoms with Crippen molar-refractivity contribution in [1.82, 2.24) is 9.80 Å². The number of benzene rings is 3. The molecule has 41 heavy (non-hydrogen) atoms. The number of amides is 4. The number of hydrogen-bond acceptors (Lipinski definition) is 5. The SMILES string of the molecule is O=C1[C@H]2[C@H](CC=C3[C@H]2C[C@H]2C(=O)N(Cc4ccccc4)C(=O)[C@H]2[C@H]3c2cccc(O)c2)C(=O)N1Cc1ccccc1. The van der Waals surface area contributed by atoms with Crippen molar-refractivity contribution in [1.29, 1.82) is 0 Å². The average molecular weight is 547 g/mol. The van der Waals surface area contributed by atoms with E-state index in [1.807, 2.05) is 72.8 Å². The van der Waals surface area contributed by atoms with Crippen LogP contribution in [0, 0.1) is 29.6 Å². The van der Waals surface area contributed by atoms with E-state index in [1.54, 1.807) is 18.2 Å². The molecule has 3 fully saturated rings. The normalized spacial score (nSPS) is 28.8. The van der Waals surface area contributed by atoms with E-state index in [1.165, 1.54) is 9.80 Å². The molecule has 6 atom stereocenters. The topological polar surface area (TPSA) is 95.0 Å². The average Bonchev–Trinajstić information content (AvgIpc) is 3.37. The number of phenols is 1. The molecule has 7 heteroatoms. The highest BCUT2D eigenvalue weighted by molar-refractivity contribution is 6.08. The summed E-state index contributed by atoms with van der Waals surface area (Å²) in [7, 11) is 0. The van der Waals surface area contributed by atoms with Gasteiger partial charge >= 0.3 is 0 Å². The van der Waals surface area contributed by atoms with E-state index in [9.17, 15) is 24.3 Å². The van der Waals surface area contributed by atoms with Crippen LogP contribution in [-0.2, 0) is 32.3 Å². The van der Waals surface area contributed by atoms with Gasteiger partial charge in [-0.15, -0.1) is 0 Å². The van der Waals surface area contributed by atoms with Gasteiger partial charge in [-0.3, -0.25) is 29.0 Å². The first kappa shape index (κ1) is 25.4. The second-order valence-electron chi connectivity index (χ2n) is 11.6. The number of fused-ring (bicyclic) bond motifs is 4. The molecule has 0 spiro atoms. The van der Waals surface area contributed by atoms with Crippen molar-refractivity contribution in [2.24, 2.45) is 29.6 Å². The summed E-state index contributed by atoms with van der Waals surface area (Å²) < 4.78 is 0. The number of hydrogen-bond donors (Lipinski definition) is 1. The minimum absolute atomic E-state index is 0.0783. The molecule has 1 saturated carbocycles. The summed E-state index contributed by atoms with van der Waals surface area (Å²) in [6.07, 6.45) is 2.79. The third kappa shape index (κ3) is 4.10. The highest BCUT2D eigenvalue weighted by Gasteiger charge is 2.61. The highest BCUT2D eigenvalue weighted by Crippen LogP contribution is 2.58. The first-order valence-corrected chi connectivity index (χ1v) is 14.2. The van der Waals surface area contributed by atoms with Crippen LogP contribution >= 0.6 is 0 Å². The molecule has 7 nitrogen and oxygen atoms in total. The van der Waals surface area contributed by atoms with Gasteiger partial charge in [-0.05, 0) is 47.6 Å². The van der Waals surface area contributed by atoms with Gasteiger partial charge in [0.05, 0.1) is 36.8 Å². The largest absolute Gasteiger partial charge is 0.508 e. The molecule has 7 rings (SSSR count). The predicted octanol–water partition coefficient (Wildman–Crippen LogP) is 4.43. The Balaban J connectivity index is 1.27. The molecular weight excluding hydrogens is 516 g/mol. The van der Waals surface area contributed by atoms with E-state index >= 15 is 0 Å². The van der Waals surface area contributed by atoms with Crippen LogP contribution in [0.1, 0.15) is 35.4 Å². The first-order chi connectivity index (χ1) is 19.9. The molecule has 2 heterocycles. The Bertz CT molecular complexity index is 1580. The number of aromatic hydroxyl groups is 1. The Labute approximate surface area is 238 Å². The van der Waals surface area contributed by atoms with E-state index in [0.29, 0.717) is 12.8 Å². The number of likely N-dealkylation sites (tertiary alicyclic amines) is 2. The zero-order valence-electron chi connectivity index (χ0n) is 22.4. The fraction of sp³-hybridized carbons (Fsp3) is 0.294. The van der Waals surface area contributed by atoms with Crippen LogP contribution in [0.15, 0.2) is 96.6 Å². The molecular formula is C34H30N2O5. The molecule has 0 radical (unpaired) electrons. The quantitative estimate of drug-likeness (QED) is 0.378. The van der Waals surface area contributed by atoms with E-state index in [4.69, 9.17) is 0 Å². The summed E-state index contributed by atoms with van der Waals surface area (Å²) in [6, 6.07) is 25.8. The van der Waals surface area contributed by atoms with E-state index in [-0.39, 0.29) is 48.4 Å². The van der Waals surface area contributed by atoms with Crippen LogP contribution in [0.4, 0.5) is 0 Å². The molecule has 2 aliphatic carbocycles. The minimum Gasteiger partial charge on any atom is -0.508 e. The summed E-state index contributed by atoms with van der Waals surface area (Å²) >= 11 is 0. The number of nitrogens with zero attached hydrogens (tertiary/aromatic N) is 2. The van der Waals surface area contributed by atoms with Gasteiger partial charge in [0.25, 0.3) is 0 Å². The van der Waals surface area contributed by atoms with Gasteiger partial charge in [0.1, 0.15) is 5.75 Å². The minimum atomic E-state index is -0.625. The summed E-state index contributed by atoms with van der Waals surface area (Å²) in [5, 5.41) is 10.4. The van der Waals surface area contributed by atoms with E-state index in [0.717, 1.165) is 22.3 Å². The Hall–Kier alpha value is -4.52. The third-order valence-corrected chi connectivity index (χ3v) is 9.43. The second kappa shape index (κ2) is 9.84. The molecule has 0 bridgehead atoms. The number of carbonyl (C=O) groups excluding carboxylic acids is 4. The van der Waals surface area contributed by atoms with Gasteiger partial charge in [0.2, 0.25) is 23.6 Å². The lowest BCUT2D eigenvalue weighted by Crippen LogP contribution is -2.43. The molecule has 4 amide bonds. The first-order valence-electron chi connectivity index (χ1n) is 14.2. The molecule has 1 N–H and O–H groups in total. The van der Waals surface area contributed by atoms with Gasteiger partial charge in [-0.2, -0.15) is 0 Å². The lowest BCUT2D eigenvalue weighted by Gasteiger charge is -2.44. The maximum atomic E-state index is 14.0. The van der Waals surface area contributed by atoms with Crippen molar-refractivity contribution in [2.45, 2.75) is 31.8 Å². The van der Waals surface area contributed by atoms with Crippen molar-refractivity contribution in [2.75, 3.05) is 0 Å². The van der Waals surface area contributed by atoms with Crippen LogP contribution in [0.5, 0.6) is 5.75 Å². The molecule has 4 aliphatic rings. The maximum Gasteiger partial charge on any atom is 0.234 e. The van der Waals surface area contributed by atoms with Gasteiger partial charge in [0, 0.05) is 5.92 Å². The summed E-state index contributed by atoms with van der Waals surface area (Å²) in [5.74, 6) is -3.83. The lowest BCUT2D eigenvalue weighted by atomic mass is 9.57. The predicted molar refractivity (Wildman–Crippen MR) is 150 cm³/mol. The van der Waals surface area contributed by atoms with Crippen LogP contribution in [0.3, 0.4) is 0 Å². The Morgan fingerprint density at radius 2 is 1.22 bits per heavy atom. The molecule has 3 aromatic rings. The van der Waals surface area contributed by atoms with E-state index < -0.39 is 29.6 Å². The fourth-order valence-corrected chi connectivity index (χ4v) is 7.66. The van der Waals surface area contributed by atoms with Gasteiger partial charge in [-0.25, -0.2) is 0 Å². The maximum absolute atomic E-state index is 14.0. The monoisotopic (exact) mass is 546 g/mol. The molecule has 0 unspecified atom stereocenters. The number of imide groups is 2. The number of phenolic OH excluding ortho intramolecular Hbond substituents is 1. The standard InChI is InChI=1S/C34H30N2O5/c37-23-13-7-12-22(16-23)28-24-14-15-25-29(33(40)35(31(25)38)18-20-8-3-1-4-9-20)26(24)17-27-30(28)34(41)36(32(27)39)19-21-10-5-2-6-11-21/h1-14,16,25-30,37H,15,17-19H2/t25-,26+,27+,28-,29-,30+/m0/s1. The molecule has 0 aromatic heterocycles. The molecule has 2 aliphatic heterocycles. The zero-order valence-corrected chi connectivity index (χ0v) is 22.4. The van der Waals surface area contributed by atoms with E-state index in [2.05, 4.69) is 0 Å². The summed E-state index contributed by atoms with van der Waals surface area (Å²) in [6.45, 7) is 0.411. The Morgan fingerprint density at radius 3 is 1.83 bits per heavy atom. The third-order valence-electron chi connectivity index (χ3n) is 9.43. The fourth-order valence-electron chi connectivity index (χ4n) is 7.66. The number of allylic oxidation sites excluding steroid dienone is 2. The number of rotatable bonds is 5. The number of carbonyl (C=O) groups is 4. The van der Waals surface area contributed by atoms with Crippen LogP contribution in [0.2, 0.25) is 0 Å². The smallest absolute Gasteiger partial charge is 0.234 e. The van der Waals surface area contributed by atoms with Crippen LogP contribution in [-0.4, -0.2) is 38.5 Å². The Morgan fingerprint density at radius 1 is 0.634 bits per heavy atom. The van der Waals surface area contributed by atoms with Gasteiger partial charge in [0.15, 0.2) is 0 Å². The van der Waals surface area contributed by atoms with Gasteiger partial charge in [-0.1, -0.05) is 84.4 Å². The molecule has 3 aromatic carbocycles. The zero-order chi connectivity index (χ0) is 28.2. The van der Waals surface area contributed by atoms with Crippen molar-refractivity contribution in [3.63, 3.8) is 0 Å². The Kier molecular flexibility index (Phi) is 6.11. The van der Waals surface area contributed by atoms with Gasteiger partial charge < -0.3 is 5.11 Å². The highest BCUT2D eigenvalue weighted by atomic mass is 16.3. The van der Waals surface area contributed by atoms with Crippen molar-refractivity contribution < 1.29 is 24.3 Å². The lowest BCUT2D eigenvalue weighted by molar-refractivity contribution is -0.142. The van der Waals surface area contributed by atoms with Crippen molar-refractivity contribution in [3.05, 3.63) is 113 Å². The molecule has 206 valence electrons.